The van der Waals surface area contributed by atoms with Crippen molar-refractivity contribution in [3.63, 3.8) is 0 Å². The number of nitrogens with zero attached hydrogens (tertiary/aromatic N) is 2. The Morgan fingerprint density at radius 1 is 0.467 bits per heavy atom. The van der Waals surface area contributed by atoms with Crippen molar-refractivity contribution in [3.05, 3.63) is 48.5 Å². The zero-order chi connectivity index (χ0) is 21.6. The average molecular weight is 417 g/mol. The van der Waals surface area contributed by atoms with Gasteiger partial charge in [0.2, 0.25) is 0 Å². The van der Waals surface area contributed by atoms with Gasteiger partial charge in [-0.15, -0.1) is 0 Å². The Balaban J connectivity index is 2.09. The molecule has 2 aromatic rings. The lowest BCUT2D eigenvalue weighted by molar-refractivity contribution is 0.190. The van der Waals surface area contributed by atoms with Crippen LogP contribution < -0.4 is 9.80 Å². The van der Waals surface area contributed by atoms with E-state index in [0.29, 0.717) is 26.4 Å². The largest absolute Gasteiger partial charge is 0.383 e. The molecule has 0 N–H and O–H groups in total. The van der Waals surface area contributed by atoms with Gasteiger partial charge in [-0.05, 0) is 35.4 Å². The highest BCUT2D eigenvalue weighted by Gasteiger charge is 2.09. The van der Waals surface area contributed by atoms with Crippen molar-refractivity contribution in [2.45, 2.75) is 0 Å². The first kappa shape index (κ1) is 24.2. The molecule has 0 amide bonds. The first-order valence-corrected chi connectivity index (χ1v) is 10.4. The highest BCUT2D eigenvalue weighted by Crippen LogP contribution is 2.26. The smallest absolute Gasteiger partial charge is 0.0637 e. The zero-order valence-corrected chi connectivity index (χ0v) is 18.8. The van der Waals surface area contributed by atoms with Crippen molar-refractivity contribution in [1.29, 1.82) is 0 Å². The maximum atomic E-state index is 5.24. The summed E-state index contributed by atoms with van der Waals surface area (Å²) < 4.78 is 21.0. The minimum Gasteiger partial charge on any atom is -0.383 e. The van der Waals surface area contributed by atoms with Gasteiger partial charge < -0.3 is 28.7 Å². The van der Waals surface area contributed by atoms with E-state index < -0.39 is 0 Å². The Labute approximate surface area is 181 Å². The molecule has 6 heteroatoms. The predicted octanol–water partition coefficient (Wildman–Crippen LogP) is 3.55. The van der Waals surface area contributed by atoms with Crippen molar-refractivity contribution in [3.8, 4) is 11.1 Å². The summed E-state index contributed by atoms with van der Waals surface area (Å²) in [5.41, 5.74) is 4.75. The minimum atomic E-state index is 0.690. The molecule has 0 saturated heterocycles. The molecule has 0 fully saturated rings. The van der Waals surface area contributed by atoms with Crippen molar-refractivity contribution in [1.82, 2.24) is 0 Å². The molecule has 0 atom stereocenters. The Kier molecular flexibility index (Phi) is 11.3. The lowest BCUT2D eigenvalue weighted by Crippen LogP contribution is -2.30. The molecule has 0 saturated carbocycles. The molecule has 0 aliphatic heterocycles. The molecule has 166 valence electrons. The van der Waals surface area contributed by atoms with E-state index in [0.717, 1.165) is 26.2 Å². The average Bonchev–Trinajstić information content (AvgIpc) is 2.80. The van der Waals surface area contributed by atoms with Crippen LogP contribution in [0.3, 0.4) is 0 Å². The van der Waals surface area contributed by atoms with Crippen LogP contribution in [0, 0.1) is 0 Å². The van der Waals surface area contributed by atoms with Crippen molar-refractivity contribution in [2.24, 2.45) is 0 Å². The molecule has 0 heterocycles. The summed E-state index contributed by atoms with van der Waals surface area (Å²) in [4.78, 5) is 4.56. The maximum Gasteiger partial charge on any atom is 0.0637 e. The third-order valence-electron chi connectivity index (χ3n) is 5.06. The van der Waals surface area contributed by atoms with Crippen LogP contribution in [-0.4, -0.2) is 81.0 Å². The fourth-order valence-corrected chi connectivity index (χ4v) is 3.28. The van der Waals surface area contributed by atoms with Gasteiger partial charge in [-0.25, -0.2) is 0 Å². The normalized spacial score (nSPS) is 10.9. The van der Waals surface area contributed by atoms with Gasteiger partial charge in [-0.1, -0.05) is 24.3 Å². The monoisotopic (exact) mass is 416 g/mol. The van der Waals surface area contributed by atoms with E-state index in [4.69, 9.17) is 18.9 Å². The number of anilines is 2. The van der Waals surface area contributed by atoms with Gasteiger partial charge in [0, 0.05) is 66.0 Å². The van der Waals surface area contributed by atoms with Gasteiger partial charge in [0.15, 0.2) is 0 Å². The van der Waals surface area contributed by atoms with Crippen LogP contribution in [-0.2, 0) is 18.9 Å². The summed E-state index contributed by atoms with van der Waals surface area (Å²) in [6.45, 7) is 6.12. The second kappa shape index (κ2) is 14.0. The molecule has 0 unspecified atom stereocenters. The van der Waals surface area contributed by atoms with Crippen LogP contribution in [0.1, 0.15) is 0 Å². The summed E-state index contributed by atoms with van der Waals surface area (Å²) in [5.74, 6) is 0. The van der Waals surface area contributed by atoms with Crippen LogP contribution in [0.2, 0.25) is 0 Å². The predicted molar refractivity (Wildman–Crippen MR) is 124 cm³/mol. The molecule has 0 radical (unpaired) electrons. The van der Waals surface area contributed by atoms with Gasteiger partial charge in [-0.3, -0.25) is 0 Å². The van der Waals surface area contributed by atoms with Crippen LogP contribution in [0.15, 0.2) is 48.5 Å². The quantitative estimate of drug-likeness (QED) is 0.442. The first-order chi connectivity index (χ1) is 14.7. The van der Waals surface area contributed by atoms with Gasteiger partial charge in [0.1, 0.15) is 0 Å². The summed E-state index contributed by atoms with van der Waals surface area (Å²) in [5, 5.41) is 0. The Morgan fingerprint density at radius 2 is 0.733 bits per heavy atom. The van der Waals surface area contributed by atoms with Crippen molar-refractivity contribution >= 4 is 11.4 Å². The fourth-order valence-electron chi connectivity index (χ4n) is 3.28. The van der Waals surface area contributed by atoms with Crippen molar-refractivity contribution in [2.75, 3.05) is 90.8 Å². The Morgan fingerprint density at radius 3 is 0.967 bits per heavy atom. The van der Waals surface area contributed by atoms with Crippen LogP contribution >= 0.6 is 0 Å². The second-order valence-electron chi connectivity index (χ2n) is 7.04. The Bertz CT molecular complexity index is 614. The summed E-state index contributed by atoms with van der Waals surface area (Å²) in [6, 6.07) is 17.3. The molecule has 0 spiro atoms. The highest BCUT2D eigenvalue weighted by atomic mass is 16.5. The summed E-state index contributed by atoms with van der Waals surface area (Å²) in [7, 11) is 6.92. The number of benzene rings is 2. The number of hydrogen-bond acceptors (Lipinski definition) is 6. The van der Waals surface area contributed by atoms with E-state index in [2.05, 4.69) is 58.3 Å². The minimum absolute atomic E-state index is 0.690. The lowest BCUT2D eigenvalue weighted by atomic mass is 10.0. The topological polar surface area (TPSA) is 43.4 Å². The molecule has 0 aromatic heterocycles. The van der Waals surface area contributed by atoms with Gasteiger partial charge in [0.05, 0.1) is 26.4 Å². The van der Waals surface area contributed by atoms with E-state index in [9.17, 15) is 0 Å². The molecular formula is C24H36N2O4. The van der Waals surface area contributed by atoms with Gasteiger partial charge in [0.25, 0.3) is 0 Å². The van der Waals surface area contributed by atoms with E-state index in [1.54, 1.807) is 28.4 Å². The standard InChI is InChI=1S/C24H36N2O4/c1-27-17-13-25(14-18-28-2)23-9-5-21(6-10-23)22-7-11-24(12-8-22)26(15-19-29-3)16-20-30-4/h5-12H,13-20H2,1-4H3. The highest BCUT2D eigenvalue weighted by molar-refractivity contribution is 5.68. The molecule has 0 bridgehead atoms. The van der Waals surface area contributed by atoms with Gasteiger partial charge in [-0.2, -0.15) is 0 Å². The summed E-state index contributed by atoms with van der Waals surface area (Å²) in [6.07, 6.45) is 0. The number of methoxy groups -OCH3 is 4. The molecule has 0 aliphatic rings. The molecule has 30 heavy (non-hydrogen) atoms. The summed E-state index contributed by atoms with van der Waals surface area (Å²) >= 11 is 0. The zero-order valence-electron chi connectivity index (χ0n) is 18.8. The third kappa shape index (κ3) is 7.61. The van der Waals surface area contributed by atoms with Crippen LogP contribution in [0.5, 0.6) is 0 Å². The SMILES string of the molecule is COCCN(CCOC)c1ccc(-c2ccc(N(CCOC)CCOC)cc2)cc1. The molecule has 6 nitrogen and oxygen atoms in total. The third-order valence-corrected chi connectivity index (χ3v) is 5.06. The van der Waals surface area contributed by atoms with E-state index in [1.807, 2.05) is 0 Å². The fraction of sp³-hybridized carbons (Fsp3) is 0.500. The van der Waals surface area contributed by atoms with E-state index in [-0.39, 0.29) is 0 Å². The van der Waals surface area contributed by atoms with E-state index in [1.165, 1.54) is 22.5 Å². The number of hydrogen-bond donors (Lipinski definition) is 0. The molecule has 2 rings (SSSR count). The van der Waals surface area contributed by atoms with Crippen LogP contribution in [0.25, 0.3) is 11.1 Å². The van der Waals surface area contributed by atoms with Gasteiger partial charge >= 0.3 is 0 Å². The van der Waals surface area contributed by atoms with Crippen molar-refractivity contribution < 1.29 is 18.9 Å². The first-order valence-electron chi connectivity index (χ1n) is 10.4. The maximum absolute atomic E-state index is 5.24. The Hall–Kier alpha value is -2.12. The number of rotatable bonds is 15. The molecular weight excluding hydrogens is 380 g/mol. The lowest BCUT2D eigenvalue weighted by Gasteiger charge is -2.25. The molecule has 0 aliphatic carbocycles. The van der Waals surface area contributed by atoms with E-state index >= 15 is 0 Å². The van der Waals surface area contributed by atoms with Crippen LogP contribution in [0.4, 0.5) is 11.4 Å². The number of ether oxygens (including phenoxy) is 4. The molecule has 2 aromatic carbocycles. The second-order valence-corrected chi connectivity index (χ2v) is 7.04.